The minimum Gasteiger partial charge on any atom is -0.497 e. The van der Waals surface area contributed by atoms with Crippen LogP contribution >= 0.6 is 0 Å². The number of nitrogens with zero attached hydrogens (tertiary/aromatic N) is 4. The standard InChI is InChI=1S/C21H22N4O3/c1-27-18-9-5-8-17(14-18)20-22-19(28-23-20)15-24-10-12-25(13-11-24)21(26)16-6-3-2-4-7-16/h2-9,14H,10-13,15H2,1H3. The molecule has 1 saturated heterocycles. The van der Waals surface area contributed by atoms with E-state index < -0.39 is 0 Å². The molecule has 144 valence electrons. The first-order valence-corrected chi connectivity index (χ1v) is 9.26. The average Bonchev–Trinajstić information content (AvgIpc) is 3.23. The first kappa shape index (κ1) is 18.2. The fourth-order valence-corrected chi connectivity index (χ4v) is 3.26. The molecule has 28 heavy (non-hydrogen) atoms. The summed E-state index contributed by atoms with van der Waals surface area (Å²) in [5.74, 6) is 1.95. The van der Waals surface area contributed by atoms with Gasteiger partial charge in [-0.3, -0.25) is 9.69 Å². The van der Waals surface area contributed by atoms with E-state index in [-0.39, 0.29) is 5.91 Å². The van der Waals surface area contributed by atoms with Crippen LogP contribution in [0.2, 0.25) is 0 Å². The van der Waals surface area contributed by atoms with Gasteiger partial charge in [-0.2, -0.15) is 4.98 Å². The molecule has 0 atom stereocenters. The maximum atomic E-state index is 12.5. The Bertz CT molecular complexity index is 934. The average molecular weight is 378 g/mol. The topological polar surface area (TPSA) is 71.7 Å². The van der Waals surface area contributed by atoms with Crippen molar-refractivity contribution in [2.24, 2.45) is 0 Å². The number of aromatic nitrogens is 2. The van der Waals surface area contributed by atoms with Crippen molar-refractivity contribution < 1.29 is 14.1 Å². The van der Waals surface area contributed by atoms with Crippen LogP contribution < -0.4 is 4.74 Å². The summed E-state index contributed by atoms with van der Waals surface area (Å²) in [6.07, 6.45) is 0. The number of methoxy groups -OCH3 is 1. The molecule has 2 aromatic carbocycles. The van der Waals surface area contributed by atoms with Gasteiger partial charge >= 0.3 is 0 Å². The number of benzene rings is 2. The minimum atomic E-state index is 0.0818. The molecule has 1 amide bonds. The fraction of sp³-hybridized carbons (Fsp3) is 0.286. The fourth-order valence-electron chi connectivity index (χ4n) is 3.26. The number of carbonyl (C=O) groups is 1. The van der Waals surface area contributed by atoms with Gasteiger partial charge in [-0.25, -0.2) is 0 Å². The third-order valence-electron chi connectivity index (χ3n) is 4.84. The highest BCUT2D eigenvalue weighted by Gasteiger charge is 2.23. The Morgan fingerprint density at radius 1 is 1.07 bits per heavy atom. The molecule has 3 aromatic rings. The maximum absolute atomic E-state index is 12.5. The van der Waals surface area contributed by atoms with Gasteiger partial charge in [0.15, 0.2) is 0 Å². The largest absolute Gasteiger partial charge is 0.497 e. The van der Waals surface area contributed by atoms with E-state index in [9.17, 15) is 4.79 Å². The summed E-state index contributed by atoms with van der Waals surface area (Å²) in [4.78, 5) is 21.1. The number of rotatable bonds is 5. The van der Waals surface area contributed by atoms with E-state index in [0.29, 0.717) is 31.3 Å². The van der Waals surface area contributed by atoms with Crippen LogP contribution in [0.1, 0.15) is 16.2 Å². The van der Waals surface area contributed by atoms with Crippen LogP contribution in [0.15, 0.2) is 59.1 Å². The summed E-state index contributed by atoms with van der Waals surface area (Å²) >= 11 is 0. The molecule has 0 N–H and O–H groups in total. The molecule has 7 heteroatoms. The van der Waals surface area contributed by atoms with Crippen molar-refractivity contribution in [1.29, 1.82) is 0 Å². The number of ether oxygens (including phenoxy) is 1. The Morgan fingerprint density at radius 3 is 2.61 bits per heavy atom. The maximum Gasteiger partial charge on any atom is 0.253 e. The molecule has 1 aliphatic rings. The molecule has 0 bridgehead atoms. The van der Waals surface area contributed by atoms with Crippen molar-refractivity contribution in [2.45, 2.75) is 6.54 Å². The number of hydrogen-bond acceptors (Lipinski definition) is 6. The summed E-state index contributed by atoms with van der Waals surface area (Å²) in [6.45, 7) is 3.49. The number of hydrogen-bond donors (Lipinski definition) is 0. The normalized spacial score (nSPS) is 14.8. The molecular weight excluding hydrogens is 356 g/mol. The Labute approximate surface area is 163 Å². The quantitative estimate of drug-likeness (QED) is 0.680. The Morgan fingerprint density at radius 2 is 1.86 bits per heavy atom. The lowest BCUT2D eigenvalue weighted by Crippen LogP contribution is -2.48. The second kappa shape index (κ2) is 8.22. The molecule has 0 radical (unpaired) electrons. The monoisotopic (exact) mass is 378 g/mol. The molecule has 2 heterocycles. The van der Waals surface area contributed by atoms with Gasteiger partial charge in [0, 0.05) is 37.3 Å². The smallest absolute Gasteiger partial charge is 0.253 e. The molecule has 0 aliphatic carbocycles. The van der Waals surface area contributed by atoms with Gasteiger partial charge in [-0.15, -0.1) is 0 Å². The zero-order valence-electron chi connectivity index (χ0n) is 15.7. The second-order valence-electron chi connectivity index (χ2n) is 6.68. The minimum absolute atomic E-state index is 0.0818. The molecule has 1 fully saturated rings. The van der Waals surface area contributed by atoms with E-state index in [1.54, 1.807) is 7.11 Å². The molecule has 1 aliphatic heterocycles. The van der Waals surface area contributed by atoms with Gasteiger partial charge in [0.1, 0.15) is 5.75 Å². The number of amides is 1. The Kier molecular flexibility index (Phi) is 5.34. The summed E-state index contributed by atoms with van der Waals surface area (Å²) < 4.78 is 10.7. The van der Waals surface area contributed by atoms with Crippen LogP contribution in [0.4, 0.5) is 0 Å². The van der Waals surface area contributed by atoms with Gasteiger partial charge < -0.3 is 14.2 Å². The highest BCUT2D eigenvalue weighted by molar-refractivity contribution is 5.94. The highest BCUT2D eigenvalue weighted by Crippen LogP contribution is 2.21. The van der Waals surface area contributed by atoms with Gasteiger partial charge in [-0.1, -0.05) is 35.5 Å². The van der Waals surface area contributed by atoms with Gasteiger partial charge in [0.05, 0.1) is 13.7 Å². The van der Waals surface area contributed by atoms with Crippen molar-refractivity contribution in [2.75, 3.05) is 33.3 Å². The van der Waals surface area contributed by atoms with Crippen molar-refractivity contribution >= 4 is 5.91 Å². The van der Waals surface area contributed by atoms with Gasteiger partial charge in [0.2, 0.25) is 11.7 Å². The first-order valence-electron chi connectivity index (χ1n) is 9.26. The molecule has 4 rings (SSSR count). The first-order chi connectivity index (χ1) is 13.7. The molecular formula is C21H22N4O3. The molecule has 0 saturated carbocycles. The number of piperazine rings is 1. The SMILES string of the molecule is COc1cccc(-c2noc(CN3CCN(C(=O)c4ccccc4)CC3)n2)c1. The van der Waals surface area contributed by atoms with Crippen molar-refractivity contribution in [1.82, 2.24) is 19.9 Å². The summed E-state index contributed by atoms with van der Waals surface area (Å²) in [6, 6.07) is 17.0. The highest BCUT2D eigenvalue weighted by atomic mass is 16.5. The Balaban J connectivity index is 1.34. The molecule has 1 aromatic heterocycles. The van der Waals surface area contributed by atoms with Crippen LogP contribution in [0.25, 0.3) is 11.4 Å². The van der Waals surface area contributed by atoms with Crippen molar-refractivity contribution in [3.63, 3.8) is 0 Å². The van der Waals surface area contributed by atoms with Gasteiger partial charge in [0.25, 0.3) is 5.91 Å². The third kappa shape index (κ3) is 4.04. The van der Waals surface area contributed by atoms with Crippen LogP contribution in [0.3, 0.4) is 0 Å². The lowest BCUT2D eigenvalue weighted by Gasteiger charge is -2.34. The molecule has 7 nitrogen and oxygen atoms in total. The predicted octanol–water partition coefficient (Wildman–Crippen LogP) is 2.70. The lowest BCUT2D eigenvalue weighted by molar-refractivity contribution is 0.0615. The van der Waals surface area contributed by atoms with Crippen molar-refractivity contribution in [3.8, 4) is 17.1 Å². The van der Waals surface area contributed by atoms with E-state index in [1.165, 1.54) is 0 Å². The molecule has 0 unspecified atom stereocenters. The van der Waals surface area contributed by atoms with Crippen LogP contribution in [-0.4, -0.2) is 59.1 Å². The van der Waals surface area contributed by atoms with E-state index in [2.05, 4.69) is 15.0 Å². The van der Waals surface area contributed by atoms with E-state index >= 15 is 0 Å². The second-order valence-corrected chi connectivity index (χ2v) is 6.68. The summed E-state index contributed by atoms with van der Waals surface area (Å²) in [5.41, 5.74) is 1.59. The summed E-state index contributed by atoms with van der Waals surface area (Å²) in [7, 11) is 1.63. The van der Waals surface area contributed by atoms with Crippen LogP contribution in [0, 0.1) is 0 Å². The van der Waals surface area contributed by atoms with Crippen LogP contribution in [0.5, 0.6) is 5.75 Å². The van der Waals surface area contributed by atoms with E-state index in [1.807, 2.05) is 59.5 Å². The van der Waals surface area contributed by atoms with Gasteiger partial charge in [-0.05, 0) is 24.3 Å². The summed E-state index contributed by atoms with van der Waals surface area (Å²) in [5, 5.41) is 4.08. The predicted molar refractivity (Wildman–Crippen MR) is 104 cm³/mol. The molecule has 0 spiro atoms. The van der Waals surface area contributed by atoms with E-state index in [0.717, 1.165) is 30.0 Å². The Hall–Kier alpha value is -3.19. The number of carbonyl (C=O) groups excluding carboxylic acids is 1. The van der Waals surface area contributed by atoms with E-state index in [4.69, 9.17) is 9.26 Å². The zero-order chi connectivity index (χ0) is 19.3. The van der Waals surface area contributed by atoms with Crippen LogP contribution in [-0.2, 0) is 6.54 Å². The zero-order valence-corrected chi connectivity index (χ0v) is 15.7. The third-order valence-corrected chi connectivity index (χ3v) is 4.84. The van der Waals surface area contributed by atoms with Crippen molar-refractivity contribution in [3.05, 3.63) is 66.1 Å². The lowest BCUT2D eigenvalue weighted by atomic mass is 10.2.